The van der Waals surface area contributed by atoms with E-state index < -0.39 is 37.2 Å². The molecular formula is C17H29NaO5Si. The summed E-state index contributed by atoms with van der Waals surface area (Å²) >= 11 is 0. The average Bonchev–Trinajstić information content (AvgIpc) is 2.41. The molecule has 0 aromatic heterocycles. The molecule has 7 heteroatoms. The molecule has 0 radical (unpaired) electrons. The fraction of sp³-hybridized carbons (Fsp3) is 0.765. The van der Waals surface area contributed by atoms with Crippen molar-refractivity contribution in [3.05, 3.63) is 12.2 Å². The molecule has 0 saturated heterocycles. The molecule has 0 spiro atoms. The van der Waals surface area contributed by atoms with Gasteiger partial charge in [-0.2, -0.15) is 0 Å². The van der Waals surface area contributed by atoms with E-state index in [1.165, 1.54) is 14.0 Å². The van der Waals surface area contributed by atoms with Gasteiger partial charge >= 0.3 is 35.5 Å². The minimum Gasteiger partial charge on any atom is -0.549 e. The molecule has 0 heterocycles. The molecule has 132 valence electrons. The summed E-state index contributed by atoms with van der Waals surface area (Å²) in [7, 11) is -0.960. The van der Waals surface area contributed by atoms with Crippen molar-refractivity contribution in [3.63, 3.8) is 0 Å². The summed E-state index contributed by atoms with van der Waals surface area (Å²) in [5.41, 5.74) is -2.73. The van der Waals surface area contributed by atoms with E-state index in [1.807, 2.05) is 0 Å². The first-order valence-corrected chi connectivity index (χ1v) is 10.8. The quantitative estimate of drug-likeness (QED) is 0.374. The Balaban J connectivity index is 0.00000529. The molecule has 0 fully saturated rings. The van der Waals surface area contributed by atoms with Gasteiger partial charge < -0.3 is 19.1 Å². The van der Waals surface area contributed by atoms with E-state index in [9.17, 15) is 14.7 Å². The number of hydrogen-bond donors (Lipinski definition) is 0. The largest absolute Gasteiger partial charge is 1.00 e. The summed E-state index contributed by atoms with van der Waals surface area (Å²) in [6.07, 6.45) is 3.10. The van der Waals surface area contributed by atoms with Gasteiger partial charge in [0.1, 0.15) is 0 Å². The Labute approximate surface area is 168 Å². The Bertz CT molecular complexity index is 526. The normalized spacial score (nSPS) is 30.4. The Hall–Kier alpha value is -0.143. The zero-order valence-electron chi connectivity index (χ0n) is 16.5. The fourth-order valence-electron chi connectivity index (χ4n) is 2.66. The number of ether oxygens (including phenoxy) is 1. The maximum Gasteiger partial charge on any atom is 1.00 e. The standard InChI is InChI=1S/C17H30O5Si.Na/c1-15(2,3)23(7,8)22-12-10-9-11-16(4,14(20)21-6)17(12,5)13(18)19;/h9-10,12H,11H2,1-8H3,(H,18,19);/q;+1/p-1/t12-,16-,17+;/m1./s1. The Morgan fingerprint density at radius 1 is 1.25 bits per heavy atom. The molecule has 0 unspecified atom stereocenters. The van der Waals surface area contributed by atoms with E-state index in [0.29, 0.717) is 0 Å². The molecule has 1 aliphatic rings. The number of methoxy groups -OCH3 is 1. The third-order valence-corrected chi connectivity index (χ3v) is 10.3. The van der Waals surface area contributed by atoms with Crippen molar-refractivity contribution in [2.45, 2.75) is 65.3 Å². The van der Waals surface area contributed by atoms with Crippen LogP contribution in [0.2, 0.25) is 18.1 Å². The van der Waals surface area contributed by atoms with Crippen LogP contribution in [0.3, 0.4) is 0 Å². The van der Waals surface area contributed by atoms with E-state index in [2.05, 4.69) is 33.9 Å². The number of aliphatic carboxylic acids is 1. The molecule has 5 nitrogen and oxygen atoms in total. The van der Waals surface area contributed by atoms with Crippen molar-refractivity contribution in [2.24, 2.45) is 10.8 Å². The number of hydrogen-bond acceptors (Lipinski definition) is 5. The minimum absolute atomic E-state index is 0. The second kappa shape index (κ2) is 7.62. The first-order chi connectivity index (χ1) is 10.2. The number of rotatable bonds is 4. The molecule has 0 amide bonds. The number of carbonyl (C=O) groups is 2. The van der Waals surface area contributed by atoms with Crippen molar-refractivity contribution in [2.75, 3.05) is 7.11 Å². The van der Waals surface area contributed by atoms with Crippen LogP contribution >= 0.6 is 0 Å². The third kappa shape index (κ3) is 3.83. The number of carbonyl (C=O) groups excluding carboxylic acids is 2. The van der Waals surface area contributed by atoms with Crippen LogP contribution in [-0.2, 0) is 18.8 Å². The molecule has 1 aliphatic carbocycles. The number of carboxylic acid groups (broad SMARTS) is 1. The number of esters is 1. The molecular weight excluding hydrogens is 335 g/mol. The summed E-state index contributed by atoms with van der Waals surface area (Å²) in [5.74, 6) is -1.85. The van der Waals surface area contributed by atoms with E-state index in [-0.39, 0.29) is 41.0 Å². The maximum atomic E-state index is 12.3. The number of carboxylic acids is 1. The predicted octanol–water partition coefficient (Wildman–Crippen LogP) is -0.724. The second-order valence-electron chi connectivity index (χ2n) is 8.24. The fourth-order valence-corrected chi connectivity index (χ4v) is 3.96. The van der Waals surface area contributed by atoms with Crippen LogP contribution < -0.4 is 34.7 Å². The van der Waals surface area contributed by atoms with Gasteiger partial charge in [-0.15, -0.1) is 0 Å². The van der Waals surface area contributed by atoms with Crippen LogP contribution in [-0.4, -0.2) is 33.5 Å². The van der Waals surface area contributed by atoms with Crippen molar-refractivity contribution < 1.29 is 53.4 Å². The van der Waals surface area contributed by atoms with Gasteiger partial charge in [0.2, 0.25) is 0 Å². The first-order valence-electron chi connectivity index (χ1n) is 7.88. The van der Waals surface area contributed by atoms with Crippen molar-refractivity contribution >= 4 is 20.3 Å². The summed E-state index contributed by atoms with van der Waals surface area (Å²) in [4.78, 5) is 24.4. The van der Waals surface area contributed by atoms with Gasteiger partial charge in [-0.05, 0) is 31.5 Å². The van der Waals surface area contributed by atoms with E-state index >= 15 is 0 Å². The van der Waals surface area contributed by atoms with Crippen molar-refractivity contribution in [1.29, 1.82) is 0 Å². The van der Waals surface area contributed by atoms with Gasteiger partial charge in [0.15, 0.2) is 8.32 Å². The Morgan fingerprint density at radius 2 is 1.75 bits per heavy atom. The SMILES string of the molecule is COC(=O)[C@@]1(C)CC=C[C@@H](O[Si](C)(C)C(C)(C)C)[C@@]1(C)C(=O)[O-].[Na+]. The molecule has 0 saturated carbocycles. The summed E-state index contributed by atoms with van der Waals surface area (Å²) < 4.78 is 11.2. The molecule has 0 aliphatic heterocycles. The first kappa shape index (κ1) is 23.9. The molecule has 0 N–H and O–H groups in total. The van der Waals surface area contributed by atoms with Crippen molar-refractivity contribution in [3.8, 4) is 0 Å². The van der Waals surface area contributed by atoms with Crippen LogP contribution in [0.4, 0.5) is 0 Å². The number of allylic oxidation sites excluding steroid dienone is 1. The van der Waals surface area contributed by atoms with Gasteiger partial charge in [0.05, 0.1) is 30.0 Å². The maximum absolute atomic E-state index is 12.3. The monoisotopic (exact) mass is 364 g/mol. The molecule has 0 bridgehead atoms. The molecule has 1 rings (SSSR count). The zero-order chi connectivity index (χ0) is 18.3. The summed E-state index contributed by atoms with van der Waals surface area (Å²) in [6, 6.07) is 0. The van der Waals surface area contributed by atoms with Gasteiger partial charge in [-0.1, -0.05) is 39.8 Å². The van der Waals surface area contributed by atoms with Gasteiger partial charge in [0, 0.05) is 0 Å². The second-order valence-corrected chi connectivity index (χ2v) is 13.0. The predicted molar refractivity (Wildman–Crippen MR) is 89.1 cm³/mol. The Kier molecular flexibility index (Phi) is 7.57. The Morgan fingerprint density at radius 3 is 2.12 bits per heavy atom. The third-order valence-electron chi connectivity index (χ3n) is 5.84. The summed E-state index contributed by atoms with van der Waals surface area (Å²) in [6.45, 7) is 13.5. The zero-order valence-corrected chi connectivity index (χ0v) is 19.5. The van der Waals surface area contributed by atoms with Crippen LogP contribution in [0.25, 0.3) is 0 Å². The molecule has 0 aromatic carbocycles. The average molecular weight is 364 g/mol. The minimum atomic E-state index is -2.23. The van der Waals surface area contributed by atoms with Gasteiger partial charge in [-0.3, -0.25) is 4.79 Å². The van der Waals surface area contributed by atoms with Crippen LogP contribution in [0.5, 0.6) is 0 Å². The van der Waals surface area contributed by atoms with Crippen LogP contribution in [0.15, 0.2) is 12.2 Å². The molecule has 24 heavy (non-hydrogen) atoms. The smallest absolute Gasteiger partial charge is 0.549 e. The van der Waals surface area contributed by atoms with Crippen LogP contribution in [0, 0.1) is 10.8 Å². The van der Waals surface area contributed by atoms with E-state index in [4.69, 9.17) is 9.16 Å². The van der Waals surface area contributed by atoms with E-state index in [1.54, 1.807) is 19.1 Å². The topological polar surface area (TPSA) is 75.7 Å². The van der Waals surface area contributed by atoms with Gasteiger partial charge in [0.25, 0.3) is 0 Å². The molecule has 3 atom stereocenters. The van der Waals surface area contributed by atoms with Crippen molar-refractivity contribution in [1.82, 2.24) is 0 Å². The van der Waals surface area contributed by atoms with Crippen LogP contribution in [0.1, 0.15) is 41.0 Å². The molecule has 0 aromatic rings. The van der Waals surface area contributed by atoms with Gasteiger partial charge in [-0.25, -0.2) is 0 Å². The summed E-state index contributed by atoms with van der Waals surface area (Å²) in [5, 5.41) is 12.0. The van der Waals surface area contributed by atoms with E-state index in [0.717, 1.165) is 0 Å².